The first-order chi connectivity index (χ1) is 22.7. The van der Waals surface area contributed by atoms with Crippen LogP contribution in [0.5, 0.6) is 0 Å². The van der Waals surface area contributed by atoms with Gasteiger partial charge in [0.1, 0.15) is 35.9 Å². The summed E-state index contributed by atoms with van der Waals surface area (Å²) in [5.74, 6) is -6.36. The van der Waals surface area contributed by atoms with Gasteiger partial charge in [-0.25, -0.2) is 4.79 Å². The molecular weight excluding hydrogens is 642 g/mol. The van der Waals surface area contributed by atoms with E-state index in [2.05, 4.69) is 47.9 Å². The summed E-state index contributed by atoms with van der Waals surface area (Å²) in [6, 6.07) is -9.27. The molecular formula is C25H45N13O10+2. The molecule has 0 bridgehead atoms. The molecule has 7 unspecified atom stereocenters. The third kappa shape index (κ3) is 12.3. The lowest BCUT2D eigenvalue weighted by molar-refractivity contribution is -0.565. The van der Waals surface area contributed by atoms with Gasteiger partial charge >= 0.3 is 12.0 Å². The van der Waals surface area contributed by atoms with Gasteiger partial charge in [-0.1, -0.05) is 0 Å². The maximum Gasteiger partial charge on any atom is 0.343 e. The van der Waals surface area contributed by atoms with E-state index in [0.717, 1.165) is 0 Å². The van der Waals surface area contributed by atoms with Crippen molar-refractivity contribution in [2.24, 2.45) is 17.2 Å². The molecule has 1 saturated heterocycles. The van der Waals surface area contributed by atoms with Crippen LogP contribution >= 0.6 is 0 Å². The highest BCUT2D eigenvalue weighted by Crippen LogP contribution is 2.06. The predicted octanol–water partition coefficient (Wildman–Crippen LogP) is -11.5. The number of rotatable bonds is 10. The second-order valence-electron chi connectivity index (χ2n) is 10.9. The number of carbonyl (C=O) groups excluding carboxylic acids is 7. The van der Waals surface area contributed by atoms with Gasteiger partial charge in [0.2, 0.25) is 29.5 Å². The molecule has 0 aromatic rings. The number of nitrogens with one attached hydrogen (secondary N) is 9. The number of nitrogens with two attached hydrogens (primary N) is 3. The Morgan fingerprint density at radius 2 is 1.65 bits per heavy atom. The Labute approximate surface area is 273 Å². The Morgan fingerprint density at radius 1 is 1.00 bits per heavy atom. The number of hydrogen-bond acceptors (Lipinski definition) is 13. The van der Waals surface area contributed by atoms with Gasteiger partial charge in [-0.3, -0.25) is 44.8 Å². The topological polar surface area (TPSA) is 396 Å². The molecule has 268 valence electrons. The van der Waals surface area contributed by atoms with Crippen LogP contribution < -0.4 is 70.5 Å². The maximum absolute atomic E-state index is 13.6. The first kappa shape index (κ1) is 39.1. The van der Waals surface area contributed by atoms with Gasteiger partial charge in [-0.05, 0) is 13.0 Å². The third-order valence-corrected chi connectivity index (χ3v) is 7.03. The summed E-state index contributed by atoms with van der Waals surface area (Å²) < 4.78 is 0. The molecule has 23 heteroatoms. The highest BCUT2D eigenvalue weighted by Gasteiger charge is 2.39. The van der Waals surface area contributed by atoms with E-state index in [4.69, 9.17) is 17.2 Å². The van der Waals surface area contributed by atoms with Crippen molar-refractivity contribution in [1.82, 2.24) is 42.5 Å². The van der Waals surface area contributed by atoms with Crippen LogP contribution in [-0.4, -0.2) is 132 Å². The van der Waals surface area contributed by atoms with Crippen LogP contribution in [0.3, 0.4) is 0 Å². The molecule has 2 aliphatic rings. The Kier molecular flexibility index (Phi) is 15.4. The molecule has 48 heavy (non-hydrogen) atoms. The van der Waals surface area contributed by atoms with Crippen LogP contribution in [0.15, 0.2) is 11.9 Å². The van der Waals surface area contributed by atoms with E-state index < -0.39 is 103 Å². The molecule has 2 heterocycles. The maximum atomic E-state index is 13.6. The molecule has 0 aliphatic carbocycles. The quantitative estimate of drug-likeness (QED) is 0.0950. The SMILES string of the molecule is NCCCC([NH3+])CC(=O)NC1CNC(=O)C(C2CC(O)[NH+]=C(N)N2)NC(=O)C(=CNC(N)=O)NC(=O)C(CO)NC(=O)C(CO)NC1=O. The Morgan fingerprint density at radius 3 is 2.25 bits per heavy atom. The van der Waals surface area contributed by atoms with Gasteiger partial charge < -0.3 is 69.7 Å². The van der Waals surface area contributed by atoms with Crippen LogP contribution in [0, 0.1) is 0 Å². The van der Waals surface area contributed by atoms with Crippen LogP contribution in [-0.2, 0) is 28.8 Å². The fourth-order valence-electron chi connectivity index (χ4n) is 4.57. The molecule has 2 aliphatic heterocycles. The van der Waals surface area contributed by atoms with Crippen LogP contribution in [0.2, 0.25) is 0 Å². The predicted molar refractivity (Wildman–Crippen MR) is 161 cm³/mol. The first-order valence-corrected chi connectivity index (χ1v) is 14.8. The molecule has 8 amide bonds. The molecule has 0 aromatic heterocycles. The minimum atomic E-state index is -1.77. The number of urea groups is 1. The molecule has 0 spiro atoms. The minimum Gasteiger partial charge on any atom is -0.394 e. The van der Waals surface area contributed by atoms with E-state index in [1.54, 1.807) is 0 Å². The van der Waals surface area contributed by atoms with E-state index in [1.807, 2.05) is 5.32 Å². The Bertz CT molecular complexity index is 1280. The van der Waals surface area contributed by atoms with E-state index in [1.165, 1.54) is 0 Å². The lowest BCUT2D eigenvalue weighted by Crippen LogP contribution is -2.89. The van der Waals surface area contributed by atoms with E-state index >= 15 is 0 Å². The zero-order chi connectivity index (χ0) is 36.0. The summed E-state index contributed by atoms with van der Waals surface area (Å²) in [4.78, 5) is 92.9. The molecule has 21 N–H and O–H groups in total. The molecule has 0 saturated carbocycles. The van der Waals surface area contributed by atoms with Crippen LogP contribution in [0.4, 0.5) is 4.79 Å². The highest BCUT2D eigenvalue weighted by atomic mass is 16.3. The van der Waals surface area contributed by atoms with Gasteiger partial charge in [-0.15, -0.1) is 0 Å². The van der Waals surface area contributed by atoms with E-state index in [-0.39, 0.29) is 24.8 Å². The molecule has 1 fully saturated rings. The van der Waals surface area contributed by atoms with Gasteiger partial charge in [0.05, 0.1) is 25.7 Å². The summed E-state index contributed by atoms with van der Waals surface area (Å²) in [6.07, 6.45) is 0.158. The number of quaternary nitrogens is 1. The van der Waals surface area contributed by atoms with E-state index in [0.29, 0.717) is 25.6 Å². The number of aliphatic hydroxyl groups excluding tert-OH is 3. The van der Waals surface area contributed by atoms with Gasteiger partial charge in [0, 0.05) is 25.6 Å². The number of carbonyl (C=O) groups is 7. The minimum absolute atomic E-state index is 0.131. The monoisotopic (exact) mass is 687 g/mol. The zero-order valence-corrected chi connectivity index (χ0v) is 25.9. The average molecular weight is 688 g/mol. The van der Waals surface area contributed by atoms with Crippen molar-refractivity contribution in [2.75, 3.05) is 26.3 Å². The molecule has 7 atom stereocenters. The fraction of sp³-hybridized carbons (Fsp3) is 0.600. The van der Waals surface area contributed by atoms with Crippen molar-refractivity contribution in [3.63, 3.8) is 0 Å². The first-order valence-electron chi connectivity index (χ1n) is 14.8. The smallest absolute Gasteiger partial charge is 0.343 e. The lowest BCUT2D eigenvalue weighted by atomic mass is 10.0. The number of amides is 8. The van der Waals surface area contributed by atoms with Crippen molar-refractivity contribution < 1.29 is 59.6 Å². The summed E-state index contributed by atoms with van der Waals surface area (Å²) in [7, 11) is 0. The average Bonchev–Trinajstić information content (AvgIpc) is 3.02. The molecule has 2 rings (SSSR count). The Balaban J connectivity index is 2.54. The summed E-state index contributed by atoms with van der Waals surface area (Å²) in [5.41, 5.74) is 19.5. The number of aliphatic hydroxyl groups is 3. The highest BCUT2D eigenvalue weighted by molar-refractivity contribution is 6.02. The molecule has 0 aromatic carbocycles. The second-order valence-corrected chi connectivity index (χ2v) is 10.9. The summed E-state index contributed by atoms with van der Waals surface area (Å²) in [6.45, 7) is -2.27. The van der Waals surface area contributed by atoms with Crippen molar-refractivity contribution >= 4 is 47.4 Å². The number of primary amides is 1. The number of guanidine groups is 1. The van der Waals surface area contributed by atoms with Crippen LogP contribution in [0.1, 0.15) is 25.7 Å². The van der Waals surface area contributed by atoms with Crippen LogP contribution in [0.25, 0.3) is 0 Å². The zero-order valence-electron chi connectivity index (χ0n) is 25.9. The number of hydrogen-bond donors (Lipinski definition) is 16. The molecule has 0 radical (unpaired) electrons. The van der Waals surface area contributed by atoms with Gasteiger partial charge in [0.25, 0.3) is 5.91 Å². The molecule has 23 nitrogen and oxygen atoms in total. The normalized spacial score (nSPS) is 27.6. The Hall–Kier alpha value is -5.10. The van der Waals surface area contributed by atoms with Crippen molar-refractivity contribution in [1.29, 1.82) is 0 Å². The van der Waals surface area contributed by atoms with Crippen molar-refractivity contribution in [3.05, 3.63) is 11.9 Å². The largest absolute Gasteiger partial charge is 0.394 e. The van der Waals surface area contributed by atoms with E-state index in [9.17, 15) is 48.9 Å². The second kappa shape index (κ2) is 18.9. The van der Waals surface area contributed by atoms with Crippen molar-refractivity contribution in [3.8, 4) is 0 Å². The van der Waals surface area contributed by atoms with Gasteiger partial charge in [-0.2, -0.15) is 0 Å². The standard InChI is InChI=1S/C25H43N13O10/c26-3-1-2-10(27)4-16(41)32-12-6-30-23(47)18(11-5-17(42)37-24(28)36-11)38-20(44)13(7-31-25(29)48)33-21(45)14(8-39)35-22(46)15(9-40)34-19(12)43/h7,10-12,14-15,17-18,39-40,42H,1-6,8-9,26-27H2,(H,30,47)(H,32,41)(H,33,45)(H,34,43)(H,35,46)(H,38,44)(H3,28,36,37)(H3,29,31,48)/p+2. The van der Waals surface area contributed by atoms with Gasteiger partial charge in [0.15, 0.2) is 6.23 Å². The van der Waals surface area contributed by atoms with Crippen molar-refractivity contribution in [2.45, 2.75) is 68.2 Å². The lowest BCUT2D eigenvalue weighted by Gasteiger charge is -2.30. The third-order valence-electron chi connectivity index (χ3n) is 7.03. The summed E-state index contributed by atoms with van der Waals surface area (Å²) >= 11 is 0. The summed E-state index contributed by atoms with van der Waals surface area (Å²) in [5, 5.41) is 48.2. The fourth-order valence-corrected chi connectivity index (χ4v) is 4.57.